The third-order valence-corrected chi connectivity index (χ3v) is 4.59. The topological polar surface area (TPSA) is 67.4 Å². The van der Waals surface area contributed by atoms with Crippen molar-refractivity contribution in [1.82, 2.24) is 10.6 Å². The van der Waals surface area contributed by atoms with Crippen molar-refractivity contribution in [2.45, 2.75) is 6.04 Å². The molecule has 3 rings (SSSR count). The number of halogens is 1. The van der Waals surface area contributed by atoms with Gasteiger partial charge in [0.2, 0.25) is 5.91 Å². The molecule has 3 aromatic carbocycles. The van der Waals surface area contributed by atoms with E-state index in [-0.39, 0.29) is 24.2 Å². The summed E-state index contributed by atoms with van der Waals surface area (Å²) in [7, 11) is 1.57. The summed E-state index contributed by atoms with van der Waals surface area (Å²) >= 11 is 0. The molecule has 1 atom stereocenters. The van der Waals surface area contributed by atoms with Gasteiger partial charge in [0.05, 0.1) is 6.04 Å². The highest BCUT2D eigenvalue weighted by atomic mass is 19.1. The fraction of sp³-hybridized carbons (Fsp3) is 0.120. The number of hydrogen-bond donors (Lipinski definition) is 2. The second-order valence-corrected chi connectivity index (χ2v) is 6.75. The minimum absolute atomic E-state index is 0.0748. The van der Waals surface area contributed by atoms with E-state index in [1.54, 1.807) is 55.6 Å². The smallest absolute Gasteiger partial charge is 0.251 e. The van der Waals surface area contributed by atoms with E-state index >= 15 is 0 Å². The highest BCUT2D eigenvalue weighted by molar-refractivity contribution is 5.95. The van der Waals surface area contributed by atoms with Gasteiger partial charge in [0.1, 0.15) is 6.61 Å². The fourth-order valence-corrected chi connectivity index (χ4v) is 2.92. The number of rotatable bonds is 8. The van der Waals surface area contributed by atoms with Crippen LogP contribution in [-0.2, 0) is 4.79 Å². The Balaban J connectivity index is 1.67. The molecule has 0 saturated carbocycles. The molecule has 0 radical (unpaired) electrons. The van der Waals surface area contributed by atoms with Gasteiger partial charge in [-0.2, -0.15) is 0 Å². The molecular formula is C25H23FN2O3. The van der Waals surface area contributed by atoms with Crippen molar-refractivity contribution in [3.05, 3.63) is 107 Å². The van der Waals surface area contributed by atoms with Gasteiger partial charge in [-0.15, -0.1) is 0 Å². The van der Waals surface area contributed by atoms with Gasteiger partial charge in [-0.25, -0.2) is 4.39 Å². The zero-order chi connectivity index (χ0) is 22.1. The zero-order valence-corrected chi connectivity index (χ0v) is 17.0. The van der Waals surface area contributed by atoms with Crippen LogP contribution in [-0.4, -0.2) is 25.5 Å². The van der Waals surface area contributed by atoms with Crippen molar-refractivity contribution in [3.63, 3.8) is 0 Å². The number of amides is 2. The van der Waals surface area contributed by atoms with Crippen molar-refractivity contribution < 1.29 is 18.7 Å². The molecular weight excluding hydrogens is 395 g/mol. The molecule has 0 aliphatic heterocycles. The first-order chi connectivity index (χ1) is 15.1. The molecule has 3 aromatic rings. The van der Waals surface area contributed by atoms with Crippen molar-refractivity contribution in [3.8, 4) is 5.75 Å². The molecule has 0 bridgehead atoms. The average molecular weight is 418 g/mol. The Labute approximate surface area is 180 Å². The summed E-state index contributed by atoms with van der Waals surface area (Å²) in [5.74, 6) is -0.819. The Bertz CT molecular complexity index is 1050. The molecule has 158 valence electrons. The van der Waals surface area contributed by atoms with Crippen LogP contribution in [0.2, 0.25) is 0 Å². The SMILES string of the molecule is CNC(=O)c1ccc(C=CC(=O)NC(COc2ccccc2F)c2ccccc2)cc1. The summed E-state index contributed by atoms with van der Waals surface area (Å²) in [6, 6.07) is 21.9. The highest BCUT2D eigenvalue weighted by Gasteiger charge is 2.15. The van der Waals surface area contributed by atoms with Crippen molar-refractivity contribution in [1.29, 1.82) is 0 Å². The zero-order valence-electron chi connectivity index (χ0n) is 17.0. The van der Waals surface area contributed by atoms with E-state index in [2.05, 4.69) is 10.6 Å². The van der Waals surface area contributed by atoms with Crippen molar-refractivity contribution in [2.75, 3.05) is 13.7 Å². The van der Waals surface area contributed by atoms with Crippen LogP contribution in [0.4, 0.5) is 4.39 Å². The molecule has 2 N–H and O–H groups in total. The molecule has 0 fully saturated rings. The van der Waals surface area contributed by atoms with E-state index in [1.807, 2.05) is 30.3 Å². The minimum Gasteiger partial charge on any atom is -0.488 e. The maximum Gasteiger partial charge on any atom is 0.251 e. The lowest BCUT2D eigenvalue weighted by atomic mass is 10.1. The van der Waals surface area contributed by atoms with Gasteiger partial charge in [0.25, 0.3) is 5.91 Å². The van der Waals surface area contributed by atoms with E-state index in [0.29, 0.717) is 5.56 Å². The molecule has 0 spiro atoms. The second-order valence-electron chi connectivity index (χ2n) is 6.75. The van der Waals surface area contributed by atoms with Gasteiger partial charge in [-0.3, -0.25) is 9.59 Å². The molecule has 2 amide bonds. The molecule has 0 saturated heterocycles. The van der Waals surface area contributed by atoms with Crippen LogP contribution in [0.1, 0.15) is 27.5 Å². The Morgan fingerprint density at radius 1 is 0.968 bits per heavy atom. The van der Waals surface area contributed by atoms with E-state index in [4.69, 9.17) is 4.74 Å². The van der Waals surface area contributed by atoms with E-state index in [1.165, 1.54) is 12.1 Å². The third kappa shape index (κ3) is 6.27. The predicted octanol–water partition coefficient (Wildman–Crippen LogP) is 4.14. The average Bonchev–Trinajstić information content (AvgIpc) is 2.81. The largest absolute Gasteiger partial charge is 0.488 e. The number of carbonyl (C=O) groups excluding carboxylic acids is 2. The molecule has 0 heterocycles. The number of benzene rings is 3. The van der Waals surface area contributed by atoms with E-state index in [9.17, 15) is 14.0 Å². The van der Waals surface area contributed by atoms with Crippen molar-refractivity contribution >= 4 is 17.9 Å². The quantitative estimate of drug-likeness (QED) is 0.541. The minimum atomic E-state index is -0.464. The molecule has 0 aromatic heterocycles. The Morgan fingerprint density at radius 2 is 1.65 bits per heavy atom. The molecule has 1 unspecified atom stereocenters. The first kappa shape index (κ1) is 21.8. The third-order valence-electron chi connectivity index (χ3n) is 4.59. The lowest BCUT2D eigenvalue weighted by Crippen LogP contribution is -2.31. The summed E-state index contributed by atoms with van der Waals surface area (Å²) in [6.45, 7) is 0.0748. The van der Waals surface area contributed by atoms with Crippen LogP contribution < -0.4 is 15.4 Å². The van der Waals surface area contributed by atoms with Crippen LogP contribution >= 0.6 is 0 Å². The molecule has 6 heteroatoms. The Morgan fingerprint density at radius 3 is 2.32 bits per heavy atom. The number of hydrogen-bond acceptors (Lipinski definition) is 3. The van der Waals surface area contributed by atoms with E-state index in [0.717, 1.165) is 11.1 Å². The van der Waals surface area contributed by atoms with Gasteiger partial charge in [-0.05, 0) is 41.5 Å². The van der Waals surface area contributed by atoms with Crippen LogP contribution in [0, 0.1) is 5.82 Å². The highest BCUT2D eigenvalue weighted by Crippen LogP contribution is 2.19. The summed E-state index contributed by atoms with van der Waals surface area (Å²) in [5.41, 5.74) is 2.16. The van der Waals surface area contributed by atoms with Crippen LogP contribution in [0.5, 0.6) is 5.75 Å². The van der Waals surface area contributed by atoms with Gasteiger partial charge in [-0.1, -0.05) is 54.6 Å². The number of nitrogens with one attached hydrogen (secondary N) is 2. The maximum atomic E-state index is 13.9. The first-order valence-corrected chi connectivity index (χ1v) is 9.80. The summed E-state index contributed by atoms with van der Waals surface area (Å²) in [6.07, 6.45) is 3.07. The summed E-state index contributed by atoms with van der Waals surface area (Å²) < 4.78 is 19.5. The molecule has 5 nitrogen and oxygen atoms in total. The number of ether oxygens (including phenoxy) is 1. The van der Waals surface area contributed by atoms with Gasteiger partial charge < -0.3 is 15.4 Å². The summed E-state index contributed by atoms with van der Waals surface area (Å²) in [5, 5.41) is 5.45. The first-order valence-electron chi connectivity index (χ1n) is 9.80. The van der Waals surface area contributed by atoms with Crippen LogP contribution in [0.25, 0.3) is 6.08 Å². The van der Waals surface area contributed by atoms with Gasteiger partial charge >= 0.3 is 0 Å². The summed E-state index contributed by atoms with van der Waals surface area (Å²) in [4.78, 5) is 24.1. The van der Waals surface area contributed by atoms with Gasteiger partial charge in [0, 0.05) is 18.7 Å². The van der Waals surface area contributed by atoms with Gasteiger partial charge in [0.15, 0.2) is 11.6 Å². The number of para-hydroxylation sites is 1. The standard InChI is InChI=1S/C25H23FN2O3/c1-27-25(30)20-14-11-18(12-15-20)13-16-24(29)28-22(19-7-3-2-4-8-19)17-31-23-10-6-5-9-21(23)26/h2-16,22H,17H2,1H3,(H,27,30)(H,28,29). The Hall–Kier alpha value is -3.93. The molecule has 31 heavy (non-hydrogen) atoms. The van der Waals surface area contributed by atoms with Crippen molar-refractivity contribution in [2.24, 2.45) is 0 Å². The van der Waals surface area contributed by atoms with Crippen LogP contribution in [0.3, 0.4) is 0 Å². The lowest BCUT2D eigenvalue weighted by molar-refractivity contribution is -0.117. The van der Waals surface area contributed by atoms with Crippen LogP contribution in [0.15, 0.2) is 84.9 Å². The lowest BCUT2D eigenvalue weighted by Gasteiger charge is -2.19. The second kappa shape index (κ2) is 10.7. The normalized spacial score (nSPS) is 11.7. The predicted molar refractivity (Wildman–Crippen MR) is 118 cm³/mol. The monoisotopic (exact) mass is 418 g/mol. The molecule has 0 aliphatic rings. The van der Waals surface area contributed by atoms with E-state index < -0.39 is 11.9 Å². The Kier molecular flexibility index (Phi) is 7.54. The molecule has 0 aliphatic carbocycles. The fourth-order valence-electron chi connectivity index (χ4n) is 2.92. The number of carbonyl (C=O) groups is 2. The maximum absolute atomic E-state index is 13.9.